The monoisotopic (exact) mass is 397 g/mol. The molecular formula is C24H19N3O3. The third-order valence-corrected chi connectivity index (χ3v) is 4.90. The van der Waals surface area contributed by atoms with E-state index < -0.39 is 23.8 Å². The van der Waals surface area contributed by atoms with Crippen molar-refractivity contribution in [2.75, 3.05) is 0 Å². The Morgan fingerprint density at radius 3 is 1.97 bits per heavy atom. The van der Waals surface area contributed by atoms with E-state index in [-0.39, 0.29) is 6.42 Å². The van der Waals surface area contributed by atoms with E-state index in [1.165, 1.54) is 6.21 Å². The van der Waals surface area contributed by atoms with Crippen molar-refractivity contribution in [3.63, 3.8) is 0 Å². The van der Waals surface area contributed by atoms with Crippen LogP contribution in [-0.2, 0) is 11.2 Å². The molecule has 0 aromatic heterocycles. The molecule has 1 N–H and O–H groups in total. The summed E-state index contributed by atoms with van der Waals surface area (Å²) < 4.78 is 0. The molecule has 0 fully saturated rings. The number of hydrogen-bond donors (Lipinski definition) is 1. The number of benzene rings is 3. The molecule has 0 spiro atoms. The number of imide groups is 1. The van der Waals surface area contributed by atoms with E-state index in [1.54, 1.807) is 24.3 Å². The van der Waals surface area contributed by atoms with Gasteiger partial charge in [-0.1, -0.05) is 72.8 Å². The average Bonchev–Trinajstić information content (AvgIpc) is 3.04. The summed E-state index contributed by atoms with van der Waals surface area (Å²) in [7, 11) is 0. The Hall–Kier alpha value is -4.06. The lowest BCUT2D eigenvalue weighted by atomic mass is 10.0. The first-order valence-electron chi connectivity index (χ1n) is 9.54. The van der Waals surface area contributed by atoms with Crippen LogP contribution < -0.4 is 5.43 Å². The van der Waals surface area contributed by atoms with Crippen molar-refractivity contribution in [3.05, 3.63) is 107 Å². The number of carbonyl (C=O) groups excluding carboxylic acids is 3. The zero-order valence-electron chi connectivity index (χ0n) is 16.1. The highest BCUT2D eigenvalue weighted by atomic mass is 16.2. The van der Waals surface area contributed by atoms with Crippen LogP contribution in [0.25, 0.3) is 0 Å². The number of hydrazone groups is 1. The molecule has 0 unspecified atom stereocenters. The maximum Gasteiger partial charge on any atom is 0.263 e. The molecule has 0 bridgehead atoms. The molecule has 6 heteroatoms. The van der Waals surface area contributed by atoms with E-state index in [0.29, 0.717) is 11.1 Å². The van der Waals surface area contributed by atoms with Gasteiger partial charge in [0.05, 0.1) is 17.3 Å². The SMILES string of the molecule is O=C(N/N=C\c1ccccc1)[C@H](Cc1ccccc1)N1C(=O)c2ccccc2C1=O. The maximum absolute atomic E-state index is 13.0. The number of nitrogens with one attached hydrogen (secondary N) is 1. The highest BCUT2D eigenvalue weighted by Crippen LogP contribution is 2.26. The first-order chi connectivity index (χ1) is 14.6. The molecule has 1 atom stereocenters. The first kappa shape index (κ1) is 19.3. The third kappa shape index (κ3) is 3.89. The number of nitrogens with zero attached hydrogens (tertiary/aromatic N) is 2. The Kier molecular flexibility index (Phi) is 5.48. The second-order valence-electron chi connectivity index (χ2n) is 6.88. The van der Waals surface area contributed by atoms with Crippen molar-refractivity contribution < 1.29 is 14.4 Å². The van der Waals surface area contributed by atoms with Crippen molar-refractivity contribution in [1.82, 2.24) is 10.3 Å². The highest BCUT2D eigenvalue weighted by molar-refractivity contribution is 6.22. The second-order valence-corrected chi connectivity index (χ2v) is 6.88. The minimum Gasteiger partial charge on any atom is -0.271 e. The lowest BCUT2D eigenvalue weighted by molar-refractivity contribution is -0.125. The molecular weight excluding hydrogens is 378 g/mol. The minimum atomic E-state index is -1.02. The van der Waals surface area contributed by atoms with E-state index in [0.717, 1.165) is 16.0 Å². The van der Waals surface area contributed by atoms with Crippen LogP contribution in [0.3, 0.4) is 0 Å². The van der Waals surface area contributed by atoms with Gasteiger partial charge in [0, 0.05) is 6.42 Å². The van der Waals surface area contributed by atoms with Gasteiger partial charge >= 0.3 is 0 Å². The Morgan fingerprint density at radius 1 is 0.833 bits per heavy atom. The summed E-state index contributed by atoms with van der Waals surface area (Å²) in [6, 6.07) is 24.1. The summed E-state index contributed by atoms with van der Waals surface area (Å²) in [5.74, 6) is -1.47. The second kappa shape index (κ2) is 8.53. The molecule has 1 aliphatic rings. The van der Waals surface area contributed by atoms with Gasteiger partial charge in [-0.15, -0.1) is 0 Å². The lowest BCUT2D eigenvalue weighted by Gasteiger charge is -2.24. The van der Waals surface area contributed by atoms with Crippen LogP contribution in [0.2, 0.25) is 0 Å². The lowest BCUT2D eigenvalue weighted by Crippen LogP contribution is -2.49. The molecule has 6 nitrogen and oxygen atoms in total. The first-order valence-corrected chi connectivity index (χ1v) is 9.54. The van der Waals surface area contributed by atoms with Gasteiger partial charge in [-0.25, -0.2) is 5.43 Å². The zero-order valence-corrected chi connectivity index (χ0v) is 16.1. The number of carbonyl (C=O) groups is 3. The molecule has 3 aromatic carbocycles. The fourth-order valence-electron chi connectivity index (χ4n) is 3.41. The van der Waals surface area contributed by atoms with Gasteiger partial charge in [0.2, 0.25) is 0 Å². The molecule has 0 aliphatic carbocycles. The summed E-state index contributed by atoms with van der Waals surface area (Å²) in [5, 5.41) is 4.00. The normalized spacial score (nSPS) is 14.1. The summed E-state index contributed by atoms with van der Waals surface area (Å²) in [6.45, 7) is 0. The van der Waals surface area contributed by atoms with E-state index >= 15 is 0 Å². The van der Waals surface area contributed by atoms with E-state index in [9.17, 15) is 14.4 Å². The molecule has 1 heterocycles. The van der Waals surface area contributed by atoms with Crippen molar-refractivity contribution in [3.8, 4) is 0 Å². The Balaban J connectivity index is 1.60. The van der Waals surface area contributed by atoms with Crippen LogP contribution in [0.1, 0.15) is 31.8 Å². The Labute approximate surface area is 173 Å². The van der Waals surface area contributed by atoms with Gasteiger partial charge in [-0.2, -0.15) is 5.10 Å². The fourth-order valence-corrected chi connectivity index (χ4v) is 3.41. The van der Waals surface area contributed by atoms with Crippen LogP contribution in [0, 0.1) is 0 Å². The summed E-state index contributed by atoms with van der Waals surface area (Å²) in [5.41, 5.74) is 4.75. The molecule has 4 rings (SSSR count). The zero-order chi connectivity index (χ0) is 20.9. The molecule has 148 valence electrons. The van der Waals surface area contributed by atoms with E-state index in [1.807, 2.05) is 60.7 Å². The Morgan fingerprint density at radius 2 is 1.37 bits per heavy atom. The summed E-state index contributed by atoms with van der Waals surface area (Å²) in [6.07, 6.45) is 1.71. The van der Waals surface area contributed by atoms with Crippen LogP contribution in [0.15, 0.2) is 90.0 Å². The predicted octanol–water partition coefficient (Wildman–Crippen LogP) is 3.04. The van der Waals surface area contributed by atoms with Crippen molar-refractivity contribution in [2.24, 2.45) is 5.10 Å². The minimum absolute atomic E-state index is 0.193. The molecule has 1 aliphatic heterocycles. The topological polar surface area (TPSA) is 78.8 Å². The van der Waals surface area contributed by atoms with Crippen molar-refractivity contribution in [1.29, 1.82) is 0 Å². The number of hydrogen-bond acceptors (Lipinski definition) is 4. The molecule has 3 amide bonds. The molecule has 3 aromatic rings. The molecule has 0 saturated carbocycles. The fraction of sp³-hybridized carbons (Fsp3) is 0.0833. The van der Waals surface area contributed by atoms with Gasteiger partial charge in [-0.3, -0.25) is 19.3 Å². The largest absolute Gasteiger partial charge is 0.271 e. The number of rotatable bonds is 6. The number of fused-ring (bicyclic) bond motifs is 1. The number of amides is 3. The van der Waals surface area contributed by atoms with E-state index in [2.05, 4.69) is 10.5 Å². The van der Waals surface area contributed by atoms with Gasteiger partial charge in [0.25, 0.3) is 17.7 Å². The standard InChI is InChI=1S/C24H19N3O3/c28-22(26-25-16-18-11-5-2-6-12-18)21(15-17-9-3-1-4-10-17)27-23(29)19-13-7-8-14-20(19)24(27)30/h1-14,16,21H,15H2,(H,26,28)/b25-16-/t21-/m0/s1. The Bertz CT molecular complexity index is 1080. The average molecular weight is 397 g/mol. The maximum atomic E-state index is 13.0. The molecule has 0 saturated heterocycles. The third-order valence-electron chi connectivity index (χ3n) is 4.90. The van der Waals surface area contributed by atoms with Crippen molar-refractivity contribution in [2.45, 2.75) is 12.5 Å². The molecule has 30 heavy (non-hydrogen) atoms. The van der Waals surface area contributed by atoms with Crippen LogP contribution in [-0.4, -0.2) is 34.9 Å². The van der Waals surface area contributed by atoms with Crippen LogP contribution in [0.5, 0.6) is 0 Å². The van der Waals surface area contributed by atoms with Crippen molar-refractivity contribution >= 4 is 23.9 Å². The highest BCUT2D eigenvalue weighted by Gasteiger charge is 2.42. The summed E-state index contributed by atoms with van der Waals surface area (Å²) in [4.78, 5) is 39.9. The van der Waals surface area contributed by atoms with Gasteiger partial charge in [-0.05, 0) is 23.3 Å². The van der Waals surface area contributed by atoms with Gasteiger partial charge < -0.3 is 0 Å². The van der Waals surface area contributed by atoms with E-state index in [4.69, 9.17) is 0 Å². The van der Waals surface area contributed by atoms with Crippen LogP contribution >= 0.6 is 0 Å². The van der Waals surface area contributed by atoms with Gasteiger partial charge in [0.15, 0.2) is 0 Å². The molecule has 0 radical (unpaired) electrons. The predicted molar refractivity (Wildman–Crippen MR) is 113 cm³/mol. The summed E-state index contributed by atoms with van der Waals surface area (Å²) >= 11 is 0. The quantitative estimate of drug-likeness (QED) is 0.394. The van der Waals surface area contributed by atoms with Gasteiger partial charge in [0.1, 0.15) is 6.04 Å². The van der Waals surface area contributed by atoms with Crippen LogP contribution in [0.4, 0.5) is 0 Å². The smallest absolute Gasteiger partial charge is 0.263 e.